The van der Waals surface area contributed by atoms with Gasteiger partial charge in [0.25, 0.3) is 5.91 Å². The molecule has 144 valence electrons. The first-order chi connectivity index (χ1) is 13.0. The van der Waals surface area contributed by atoms with Gasteiger partial charge in [-0.3, -0.25) is 14.5 Å². The van der Waals surface area contributed by atoms with Crippen molar-refractivity contribution in [3.05, 3.63) is 29.8 Å². The summed E-state index contributed by atoms with van der Waals surface area (Å²) in [6, 6.07) is 8.42. The molecule has 0 bridgehead atoms. The number of fused-ring (bicyclic) bond motifs is 4. The highest BCUT2D eigenvalue weighted by Gasteiger charge is 2.67. The van der Waals surface area contributed by atoms with Gasteiger partial charge in [0.05, 0.1) is 5.92 Å². The third-order valence-electron chi connectivity index (χ3n) is 7.26. The van der Waals surface area contributed by atoms with Gasteiger partial charge in [-0.1, -0.05) is 18.2 Å². The number of hydrogen-bond donors (Lipinski definition) is 0. The van der Waals surface area contributed by atoms with Crippen LogP contribution in [0.15, 0.2) is 24.3 Å². The number of para-hydroxylation sites is 1. The SMILES string of the molecule is CN1CCN(C(=O)C2CC3CCCN3C23C(=O)N(C)c2ccccc23)CC1. The molecule has 6 nitrogen and oxygen atoms in total. The summed E-state index contributed by atoms with van der Waals surface area (Å²) >= 11 is 0. The van der Waals surface area contributed by atoms with E-state index in [1.165, 1.54) is 0 Å². The number of carbonyl (C=O) groups is 2. The maximum absolute atomic E-state index is 13.7. The Kier molecular flexibility index (Phi) is 3.85. The second kappa shape index (κ2) is 6.04. The second-order valence-electron chi connectivity index (χ2n) is 8.55. The van der Waals surface area contributed by atoms with Gasteiger partial charge in [0.1, 0.15) is 5.54 Å². The maximum Gasteiger partial charge on any atom is 0.252 e. The predicted octanol–water partition coefficient (Wildman–Crippen LogP) is 1.12. The van der Waals surface area contributed by atoms with Crippen LogP contribution in [0.25, 0.3) is 0 Å². The van der Waals surface area contributed by atoms with Gasteiger partial charge in [0, 0.05) is 50.5 Å². The van der Waals surface area contributed by atoms with Crippen molar-refractivity contribution in [1.29, 1.82) is 0 Å². The van der Waals surface area contributed by atoms with Crippen molar-refractivity contribution in [2.24, 2.45) is 5.92 Å². The molecule has 2 amide bonds. The highest BCUT2D eigenvalue weighted by molar-refractivity contribution is 6.10. The maximum atomic E-state index is 13.7. The van der Waals surface area contributed by atoms with Crippen molar-refractivity contribution in [2.75, 3.05) is 51.7 Å². The summed E-state index contributed by atoms with van der Waals surface area (Å²) < 4.78 is 0. The van der Waals surface area contributed by atoms with E-state index in [9.17, 15) is 9.59 Å². The largest absolute Gasteiger partial charge is 0.340 e. The number of amides is 2. The van der Waals surface area contributed by atoms with Crippen LogP contribution in [0, 0.1) is 5.92 Å². The van der Waals surface area contributed by atoms with Crippen molar-refractivity contribution in [1.82, 2.24) is 14.7 Å². The first-order valence-corrected chi connectivity index (χ1v) is 10.2. The smallest absolute Gasteiger partial charge is 0.252 e. The number of benzene rings is 1. The van der Waals surface area contributed by atoms with Crippen LogP contribution in [-0.4, -0.2) is 79.4 Å². The quantitative estimate of drug-likeness (QED) is 0.745. The lowest BCUT2D eigenvalue weighted by atomic mass is 9.78. The molecule has 3 atom stereocenters. The van der Waals surface area contributed by atoms with E-state index in [0.29, 0.717) is 6.04 Å². The molecule has 6 heteroatoms. The van der Waals surface area contributed by atoms with Crippen LogP contribution in [0.4, 0.5) is 5.69 Å². The van der Waals surface area contributed by atoms with Crippen LogP contribution in [0.1, 0.15) is 24.8 Å². The van der Waals surface area contributed by atoms with Crippen LogP contribution >= 0.6 is 0 Å². The van der Waals surface area contributed by atoms with Gasteiger partial charge in [0.2, 0.25) is 5.91 Å². The van der Waals surface area contributed by atoms with Crippen molar-refractivity contribution < 1.29 is 9.59 Å². The number of hydrogen-bond acceptors (Lipinski definition) is 4. The van der Waals surface area contributed by atoms with Crippen molar-refractivity contribution in [3.63, 3.8) is 0 Å². The number of likely N-dealkylation sites (N-methyl/N-ethyl adjacent to an activating group) is 2. The van der Waals surface area contributed by atoms with Crippen LogP contribution in [0.5, 0.6) is 0 Å². The molecule has 0 radical (unpaired) electrons. The first-order valence-electron chi connectivity index (χ1n) is 10.2. The Morgan fingerprint density at radius 1 is 1.07 bits per heavy atom. The summed E-state index contributed by atoms with van der Waals surface area (Å²) in [5, 5.41) is 0. The minimum Gasteiger partial charge on any atom is -0.340 e. The zero-order chi connectivity index (χ0) is 18.8. The molecular weight excluding hydrogens is 340 g/mol. The normalized spacial score (nSPS) is 33.8. The molecule has 0 aliphatic carbocycles. The Morgan fingerprint density at radius 2 is 1.81 bits per heavy atom. The Hall–Kier alpha value is -1.92. The van der Waals surface area contributed by atoms with Gasteiger partial charge >= 0.3 is 0 Å². The molecule has 27 heavy (non-hydrogen) atoms. The lowest BCUT2D eigenvalue weighted by Gasteiger charge is -2.40. The molecule has 3 saturated heterocycles. The predicted molar refractivity (Wildman–Crippen MR) is 103 cm³/mol. The molecule has 1 aromatic carbocycles. The Bertz CT molecular complexity index is 788. The topological polar surface area (TPSA) is 47.1 Å². The summed E-state index contributed by atoms with van der Waals surface area (Å²) in [4.78, 5) is 35.8. The van der Waals surface area contributed by atoms with Crippen LogP contribution in [0.2, 0.25) is 0 Å². The fraction of sp³-hybridized carbons (Fsp3) is 0.619. The summed E-state index contributed by atoms with van der Waals surface area (Å²) in [7, 11) is 3.96. The van der Waals surface area contributed by atoms with E-state index < -0.39 is 5.54 Å². The minimum absolute atomic E-state index is 0.0839. The average Bonchev–Trinajstić information content (AvgIpc) is 3.32. The van der Waals surface area contributed by atoms with Gasteiger partial charge in [-0.15, -0.1) is 0 Å². The number of carbonyl (C=O) groups excluding carboxylic acids is 2. The molecule has 3 fully saturated rings. The van der Waals surface area contributed by atoms with Gasteiger partial charge in [0.15, 0.2) is 0 Å². The fourth-order valence-corrected chi connectivity index (χ4v) is 5.90. The highest BCUT2D eigenvalue weighted by atomic mass is 16.2. The third kappa shape index (κ3) is 2.20. The van der Waals surface area contributed by atoms with Crippen LogP contribution in [0.3, 0.4) is 0 Å². The molecule has 4 heterocycles. The Labute approximate surface area is 160 Å². The minimum atomic E-state index is -0.799. The second-order valence-corrected chi connectivity index (χ2v) is 8.55. The van der Waals surface area contributed by atoms with E-state index in [2.05, 4.69) is 22.9 Å². The molecule has 4 aliphatic heterocycles. The molecule has 1 aromatic rings. The number of nitrogens with zero attached hydrogens (tertiary/aromatic N) is 4. The summed E-state index contributed by atoms with van der Waals surface area (Å²) in [5.74, 6) is -0.0127. The summed E-state index contributed by atoms with van der Waals surface area (Å²) in [6.45, 7) is 4.24. The van der Waals surface area contributed by atoms with Gasteiger partial charge in [-0.05, 0) is 38.9 Å². The van der Waals surface area contributed by atoms with Crippen molar-refractivity contribution in [2.45, 2.75) is 30.8 Å². The molecule has 1 spiro atoms. The van der Waals surface area contributed by atoms with Gasteiger partial charge < -0.3 is 14.7 Å². The third-order valence-corrected chi connectivity index (χ3v) is 7.26. The van der Waals surface area contributed by atoms with Gasteiger partial charge in [-0.2, -0.15) is 0 Å². The molecule has 4 aliphatic rings. The van der Waals surface area contributed by atoms with Gasteiger partial charge in [-0.25, -0.2) is 0 Å². The molecule has 0 N–H and O–H groups in total. The summed E-state index contributed by atoms with van der Waals surface area (Å²) in [5.41, 5.74) is 1.20. The van der Waals surface area contributed by atoms with Crippen molar-refractivity contribution >= 4 is 17.5 Å². The standard InChI is InChI=1S/C21H28N4O2/c1-22-10-12-24(13-11-22)19(26)17-14-15-6-5-9-25(15)21(17)16-7-3-4-8-18(16)23(2)20(21)27/h3-4,7-8,15,17H,5-6,9-14H2,1-2H3. The van der Waals surface area contributed by atoms with E-state index in [1.807, 2.05) is 30.1 Å². The Balaban J connectivity index is 1.60. The lowest BCUT2D eigenvalue weighted by molar-refractivity contribution is -0.146. The van der Waals surface area contributed by atoms with E-state index in [1.54, 1.807) is 4.90 Å². The molecule has 3 unspecified atom stereocenters. The van der Waals surface area contributed by atoms with Crippen LogP contribution < -0.4 is 4.90 Å². The zero-order valence-corrected chi connectivity index (χ0v) is 16.2. The molecule has 0 saturated carbocycles. The number of piperazine rings is 1. The summed E-state index contributed by atoms with van der Waals surface area (Å²) in [6.07, 6.45) is 3.01. The Morgan fingerprint density at radius 3 is 2.59 bits per heavy atom. The zero-order valence-electron chi connectivity index (χ0n) is 16.2. The number of rotatable bonds is 1. The van der Waals surface area contributed by atoms with Crippen LogP contribution in [-0.2, 0) is 15.1 Å². The molecular formula is C21H28N4O2. The average molecular weight is 368 g/mol. The number of anilines is 1. The monoisotopic (exact) mass is 368 g/mol. The van der Waals surface area contributed by atoms with Crippen molar-refractivity contribution in [3.8, 4) is 0 Å². The highest BCUT2D eigenvalue weighted by Crippen LogP contribution is 2.57. The first kappa shape index (κ1) is 17.2. The molecule has 5 rings (SSSR count). The van der Waals surface area contributed by atoms with E-state index in [0.717, 1.165) is 63.2 Å². The van der Waals surface area contributed by atoms with E-state index >= 15 is 0 Å². The lowest BCUT2D eigenvalue weighted by Crippen LogP contribution is -2.58. The molecule has 0 aromatic heterocycles. The fourth-order valence-electron chi connectivity index (χ4n) is 5.90. The van der Waals surface area contributed by atoms with E-state index in [4.69, 9.17) is 0 Å². The van der Waals surface area contributed by atoms with E-state index in [-0.39, 0.29) is 17.7 Å².